The SMILES string of the molecule is COc1ccc(Cc2c(O[C@@H]3O[C@H](CO)[C@@H](O)C(O)[C@H]3O)nn(C(C)C)c2C)c(F)c1F. The second-order valence-electron chi connectivity index (χ2n) is 7.95. The van der Waals surface area contributed by atoms with E-state index >= 15 is 0 Å². The van der Waals surface area contributed by atoms with Gasteiger partial charge in [-0.1, -0.05) is 6.07 Å². The molecule has 2 aromatic rings. The van der Waals surface area contributed by atoms with Gasteiger partial charge < -0.3 is 34.6 Å². The second-order valence-corrected chi connectivity index (χ2v) is 7.95. The van der Waals surface area contributed by atoms with Crippen LogP contribution in [0.4, 0.5) is 8.78 Å². The van der Waals surface area contributed by atoms with E-state index in [-0.39, 0.29) is 29.7 Å². The van der Waals surface area contributed by atoms with Crippen molar-refractivity contribution in [1.29, 1.82) is 0 Å². The molecule has 0 saturated carbocycles. The number of ether oxygens (including phenoxy) is 3. The smallest absolute Gasteiger partial charge is 0.239 e. The molecule has 2 heterocycles. The van der Waals surface area contributed by atoms with Crippen LogP contribution in [0.5, 0.6) is 11.6 Å². The second kappa shape index (κ2) is 9.67. The van der Waals surface area contributed by atoms with Crippen LogP contribution in [-0.4, -0.2) is 74.6 Å². The van der Waals surface area contributed by atoms with Gasteiger partial charge in [-0.05, 0) is 32.4 Å². The Labute approximate surface area is 183 Å². The van der Waals surface area contributed by atoms with Crippen LogP contribution in [0.2, 0.25) is 0 Å². The molecule has 32 heavy (non-hydrogen) atoms. The van der Waals surface area contributed by atoms with E-state index in [4.69, 9.17) is 14.2 Å². The summed E-state index contributed by atoms with van der Waals surface area (Å²) < 4.78 is 46.3. The highest BCUT2D eigenvalue weighted by Crippen LogP contribution is 2.32. The summed E-state index contributed by atoms with van der Waals surface area (Å²) in [5, 5.41) is 44.0. The van der Waals surface area contributed by atoms with Crippen LogP contribution in [0.15, 0.2) is 12.1 Å². The van der Waals surface area contributed by atoms with Crippen molar-refractivity contribution < 1.29 is 43.4 Å². The largest absolute Gasteiger partial charge is 0.494 e. The molecule has 0 aliphatic carbocycles. The zero-order valence-electron chi connectivity index (χ0n) is 18.2. The molecule has 0 radical (unpaired) electrons. The Kier molecular flexibility index (Phi) is 7.36. The Hall–Kier alpha value is -2.31. The molecule has 1 fully saturated rings. The monoisotopic (exact) mass is 458 g/mol. The van der Waals surface area contributed by atoms with Crippen LogP contribution in [0.25, 0.3) is 0 Å². The van der Waals surface area contributed by atoms with Crippen LogP contribution in [0.3, 0.4) is 0 Å². The zero-order chi connectivity index (χ0) is 23.7. The molecule has 4 N–H and O–H groups in total. The fraction of sp³-hybridized carbons (Fsp3) is 0.571. The predicted molar refractivity (Wildman–Crippen MR) is 107 cm³/mol. The molecule has 1 unspecified atom stereocenters. The first-order chi connectivity index (χ1) is 15.1. The van der Waals surface area contributed by atoms with Gasteiger partial charge in [-0.25, -0.2) is 4.39 Å². The molecule has 0 spiro atoms. The van der Waals surface area contributed by atoms with Gasteiger partial charge in [0.25, 0.3) is 0 Å². The maximum Gasteiger partial charge on any atom is 0.239 e. The van der Waals surface area contributed by atoms with E-state index in [2.05, 4.69) is 5.10 Å². The van der Waals surface area contributed by atoms with Crippen molar-refractivity contribution in [2.24, 2.45) is 0 Å². The summed E-state index contributed by atoms with van der Waals surface area (Å²) in [6, 6.07) is 2.60. The van der Waals surface area contributed by atoms with Gasteiger partial charge in [-0.3, -0.25) is 4.68 Å². The van der Waals surface area contributed by atoms with E-state index in [0.29, 0.717) is 11.3 Å². The maximum atomic E-state index is 14.6. The highest BCUT2D eigenvalue weighted by atomic mass is 19.2. The van der Waals surface area contributed by atoms with Crippen molar-refractivity contribution >= 4 is 0 Å². The summed E-state index contributed by atoms with van der Waals surface area (Å²) in [7, 11) is 1.24. The lowest BCUT2D eigenvalue weighted by atomic mass is 9.99. The molecule has 0 bridgehead atoms. The fourth-order valence-corrected chi connectivity index (χ4v) is 3.66. The minimum Gasteiger partial charge on any atom is -0.494 e. The van der Waals surface area contributed by atoms with Crippen molar-refractivity contribution in [3.63, 3.8) is 0 Å². The van der Waals surface area contributed by atoms with Gasteiger partial charge in [0, 0.05) is 23.7 Å². The first kappa shape index (κ1) is 24.3. The lowest BCUT2D eigenvalue weighted by Gasteiger charge is -2.39. The molecule has 1 aromatic carbocycles. The number of halogens is 2. The van der Waals surface area contributed by atoms with Gasteiger partial charge in [0.05, 0.1) is 13.7 Å². The van der Waals surface area contributed by atoms with Crippen LogP contribution in [0.1, 0.15) is 36.7 Å². The van der Waals surface area contributed by atoms with Crippen molar-refractivity contribution in [3.05, 3.63) is 40.6 Å². The summed E-state index contributed by atoms with van der Waals surface area (Å²) in [6.45, 7) is 4.86. The van der Waals surface area contributed by atoms with Crippen molar-refractivity contribution in [3.8, 4) is 11.6 Å². The van der Waals surface area contributed by atoms with Crippen LogP contribution in [0, 0.1) is 18.6 Å². The minimum absolute atomic E-state index is 0.0174. The van der Waals surface area contributed by atoms with E-state index in [1.54, 1.807) is 11.6 Å². The lowest BCUT2D eigenvalue weighted by Crippen LogP contribution is -2.60. The quantitative estimate of drug-likeness (QED) is 0.481. The Morgan fingerprint density at radius 2 is 1.81 bits per heavy atom. The topological polar surface area (TPSA) is 126 Å². The third-order valence-corrected chi connectivity index (χ3v) is 5.52. The standard InChI is InChI=1S/C21H28F2N2O7/c1-9(2)25-10(3)12(7-11-5-6-13(30-4)16(23)15(11)22)20(24-25)32-21-19(29)18(28)17(27)14(8-26)31-21/h5-6,9,14,17-19,21,26-29H,7-8H2,1-4H3/t14-,17-,18?,19-,21+/m1/s1. The van der Waals surface area contributed by atoms with Gasteiger partial charge in [0.2, 0.25) is 18.0 Å². The molecule has 1 aliphatic rings. The molecule has 5 atom stereocenters. The Bertz CT molecular complexity index is 951. The zero-order valence-corrected chi connectivity index (χ0v) is 18.2. The summed E-state index contributed by atoms with van der Waals surface area (Å²) in [5.41, 5.74) is 1.07. The van der Waals surface area contributed by atoms with Crippen molar-refractivity contribution in [2.75, 3.05) is 13.7 Å². The molecule has 1 saturated heterocycles. The molecular weight excluding hydrogens is 430 g/mol. The average molecular weight is 458 g/mol. The third-order valence-electron chi connectivity index (χ3n) is 5.52. The van der Waals surface area contributed by atoms with Crippen LogP contribution in [-0.2, 0) is 11.2 Å². The first-order valence-corrected chi connectivity index (χ1v) is 10.2. The number of methoxy groups -OCH3 is 1. The van der Waals surface area contributed by atoms with E-state index in [9.17, 15) is 29.2 Å². The van der Waals surface area contributed by atoms with Gasteiger partial charge in [-0.2, -0.15) is 4.39 Å². The first-order valence-electron chi connectivity index (χ1n) is 10.2. The molecule has 9 nitrogen and oxygen atoms in total. The Morgan fingerprint density at radius 1 is 1.12 bits per heavy atom. The van der Waals surface area contributed by atoms with E-state index in [0.717, 1.165) is 0 Å². The molecule has 0 amide bonds. The molecule has 3 rings (SSSR count). The van der Waals surface area contributed by atoms with Gasteiger partial charge in [0.15, 0.2) is 11.6 Å². The lowest BCUT2D eigenvalue weighted by molar-refractivity contribution is -0.278. The number of aliphatic hydroxyl groups excluding tert-OH is 4. The van der Waals surface area contributed by atoms with E-state index < -0.39 is 48.9 Å². The number of hydrogen-bond acceptors (Lipinski definition) is 8. The molecule has 1 aromatic heterocycles. The summed E-state index contributed by atoms with van der Waals surface area (Å²) >= 11 is 0. The van der Waals surface area contributed by atoms with E-state index in [1.165, 1.54) is 19.2 Å². The molecular formula is C21H28F2N2O7. The van der Waals surface area contributed by atoms with Crippen molar-refractivity contribution in [1.82, 2.24) is 9.78 Å². The number of aromatic nitrogens is 2. The number of nitrogens with zero attached hydrogens (tertiary/aromatic N) is 2. The summed E-state index contributed by atoms with van der Waals surface area (Å²) in [6.07, 6.45) is -7.52. The number of hydrogen-bond donors (Lipinski definition) is 4. The molecule has 178 valence electrons. The molecule has 1 aliphatic heterocycles. The average Bonchev–Trinajstić information content (AvgIpc) is 3.07. The minimum atomic E-state index is -1.64. The summed E-state index contributed by atoms with van der Waals surface area (Å²) in [5.74, 6) is -2.43. The maximum absolute atomic E-state index is 14.6. The number of rotatable bonds is 7. The Balaban J connectivity index is 1.97. The normalized spacial score (nSPS) is 25.9. The predicted octanol–water partition coefficient (Wildman–Crippen LogP) is 0.829. The van der Waals surface area contributed by atoms with Crippen LogP contribution >= 0.6 is 0 Å². The van der Waals surface area contributed by atoms with Gasteiger partial charge in [0.1, 0.15) is 24.4 Å². The van der Waals surface area contributed by atoms with Crippen LogP contribution < -0.4 is 9.47 Å². The van der Waals surface area contributed by atoms with Gasteiger partial charge in [-0.15, -0.1) is 5.10 Å². The fourth-order valence-electron chi connectivity index (χ4n) is 3.66. The van der Waals surface area contributed by atoms with Crippen molar-refractivity contribution in [2.45, 2.75) is 63.9 Å². The third kappa shape index (κ3) is 4.44. The number of aliphatic hydroxyl groups is 4. The summed E-state index contributed by atoms with van der Waals surface area (Å²) in [4.78, 5) is 0. The highest BCUT2D eigenvalue weighted by Gasteiger charge is 2.45. The van der Waals surface area contributed by atoms with Gasteiger partial charge >= 0.3 is 0 Å². The molecule has 11 heteroatoms. The highest BCUT2D eigenvalue weighted by molar-refractivity contribution is 5.39. The Morgan fingerprint density at radius 3 is 2.41 bits per heavy atom. The van der Waals surface area contributed by atoms with E-state index in [1.807, 2.05) is 13.8 Å². The number of benzene rings is 1.